The number of aromatic nitrogens is 1. The quantitative estimate of drug-likeness (QED) is 0.759. The molecular weight excluding hydrogens is 340 g/mol. The van der Waals surface area contributed by atoms with Crippen LogP contribution >= 0.6 is 0 Å². The fourth-order valence-electron chi connectivity index (χ4n) is 3.57. The number of nitrogens with zero attached hydrogens (tertiary/aromatic N) is 3. The van der Waals surface area contributed by atoms with Crippen molar-refractivity contribution in [2.45, 2.75) is 59.4 Å². The first kappa shape index (κ1) is 21.2. The molecule has 0 spiro atoms. The number of nitrogens with one attached hydrogen (secondary N) is 1. The summed E-state index contributed by atoms with van der Waals surface area (Å²) < 4.78 is 0. The van der Waals surface area contributed by atoms with E-state index in [1.54, 1.807) is 6.20 Å². The number of hydrogen-bond acceptors (Lipinski definition) is 4. The highest BCUT2D eigenvalue weighted by Crippen LogP contribution is 2.17. The van der Waals surface area contributed by atoms with Crippen LogP contribution in [0.25, 0.3) is 0 Å². The van der Waals surface area contributed by atoms with Gasteiger partial charge >= 0.3 is 0 Å². The average Bonchev–Trinajstić information content (AvgIpc) is 2.69. The molecule has 6 nitrogen and oxygen atoms in total. The Labute approximate surface area is 163 Å². The minimum Gasteiger partial charge on any atom is -0.353 e. The van der Waals surface area contributed by atoms with Gasteiger partial charge in [-0.3, -0.25) is 9.59 Å². The van der Waals surface area contributed by atoms with Gasteiger partial charge in [0.1, 0.15) is 5.82 Å². The number of rotatable bonds is 8. The van der Waals surface area contributed by atoms with E-state index in [0.29, 0.717) is 5.56 Å². The van der Waals surface area contributed by atoms with E-state index in [1.165, 1.54) is 0 Å². The van der Waals surface area contributed by atoms with Gasteiger partial charge in [-0.1, -0.05) is 27.2 Å². The normalized spacial score (nSPS) is 15.7. The van der Waals surface area contributed by atoms with E-state index < -0.39 is 0 Å². The molecule has 1 aromatic heterocycles. The van der Waals surface area contributed by atoms with E-state index in [9.17, 15) is 9.59 Å². The van der Waals surface area contributed by atoms with Crippen LogP contribution in [0.4, 0.5) is 5.82 Å². The van der Waals surface area contributed by atoms with Gasteiger partial charge in [0.05, 0.1) is 5.56 Å². The summed E-state index contributed by atoms with van der Waals surface area (Å²) in [5.41, 5.74) is 0.587. The van der Waals surface area contributed by atoms with Crippen LogP contribution in [0.3, 0.4) is 0 Å². The van der Waals surface area contributed by atoms with Crippen LogP contribution in [0.1, 0.15) is 63.7 Å². The zero-order valence-corrected chi connectivity index (χ0v) is 17.2. The van der Waals surface area contributed by atoms with E-state index in [1.807, 2.05) is 24.0 Å². The zero-order valence-electron chi connectivity index (χ0n) is 17.2. The first-order chi connectivity index (χ1) is 13.0. The van der Waals surface area contributed by atoms with Crippen molar-refractivity contribution < 1.29 is 9.59 Å². The third-order valence-electron chi connectivity index (χ3n) is 5.36. The Balaban J connectivity index is 1.89. The molecule has 0 aromatic carbocycles. The van der Waals surface area contributed by atoms with Crippen molar-refractivity contribution in [3.63, 3.8) is 0 Å². The molecule has 0 saturated carbocycles. The molecule has 1 saturated heterocycles. The van der Waals surface area contributed by atoms with Crippen LogP contribution < -0.4 is 10.2 Å². The van der Waals surface area contributed by atoms with Crippen molar-refractivity contribution in [3.05, 3.63) is 23.9 Å². The maximum absolute atomic E-state index is 12.5. The number of amides is 2. The van der Waals surface area contributed by atoms with Gasteiger partial charge in [-0.05, 0) is 38.3 Å². The number of pyridine rings is 1. The molecular formula is C21H34N4O2. The second-order valence-corrected chi connectivity index (χ2v) is 7.39. The molecule has 1 aliphatic rings. The summed E-state index contributed by atoms with van der Waals surface area (Å²) in [5.74, 6) is 1.21. The molecule has 0 radical (unpaired) electrons. The molecule has 0 aliphatic carbocycles. The Morgan fingerprint density at radius 1 is 1.11 bits per heavy atom. The molecule has 6 heteroatoms. The molecule has 1 N–H and O–H groups in total. The predicted molar refractivity (Wildman–Crippen MR) is 109 cm³/mol. The van der Waals surface area contributed by atoms with Gasteiger partial charge in [-0.2, -0.15) is 0 Å². The van der Waals surface area contributed by atoms with Crippen LogP contribution in [0.15, 0.2) is 18.3 Å². The molecule has 27 heavy (non-hydrogen) atoms. The second-order valence-electron chi connectivity index (χ2n) is 7.39. The Hall–Kier alpha value is -2.11. The summed E-state index contributed by atoms with van der Waals surface area (Å²) in [4.78, 5) is 33.4. The summed E-state index contributed by atoms with van der Waals surface area (Å²) in [5, 5.41) is 3.00. The monoisotopic (exact) mass is 374 g/mol. The third kappa shape index (κ3) is 5.68. The molecule has 150 valence electrons. The van der Waals surface area contributed by atoms with Gasteiger partial charge in [0.15, 0.2) is 0 Å². The molecule has 0 bridgehead atoms. The van der Waals surface area contributed by atoms with E-state index in [2.05, 4.69) is 36.0 Å². The molecule has 2 rings (SSSR count). The fourth-order valence-corrected chi connectivity index (χ4v) is 3.57. The molecule has 1 aromatic rings. The number of carbonyl (C=O) groups excluding carboxylic acids is 2. The lowest BCUT2D eigenvalue weighted by molar-refractivity contribution is -0.136. The largest absolute Gasteiger partial charge is 0.353 e. The summed E-state index contributed by atoms with van der Waals surface area (Å²) in [6, 6.07) is 3.90. The maximum atomic E-state index is 12.5. The lowest BCUT2D eigenvalue weighted by Crippen LogP contribution is -2.50. The summed E-state index contributed by atoms with van der Waals surface area (Å²) in [6.45, 7) is 11.3. The topological polar surface area (TPSA) is 65.5 Å². The van der Waals surface area contributed by atoms with Gasteiger partial charge in [-0.25, -0.2) is 4.98 Å². The lowest BCUT2D eigenvalue weighted by Gasteiger charge is -2.36. The summed E-state index contributed by atoms with van der Waals surface area (Å²) >= 11 is 0. The predicted octanol–water partition coefficient (Wildman–Crippen LogP) is 3.08. The van der Waals surface area contributed by atoms with Gasteiger partial charge in [0.25, 0.3) is 5.91 Å². The Bertz CT molecular complexity index is 605. The van der Waals surface area contributed by atoms with E-state index >= 15 is 0 Å². The van der Waals surface area contributed by atoms with Crippen LogP contribution in [-0.2, 0) is 4.79 Å². The minimum atomic E-state index is -0.0735. The standard InChI is InChI=1S/C21H34N4O2/c1-5-8-16(4)23-20(26)18-9-10-19(22-15-18)24-11-13-25(14-12-24)21(27)17(6-2)7-3/h9-10,15-17H,5-8,11-14H2,1-4H3,(H,23,26). The average molecular weight is 375 g/mol. The zero-order chi connectivity index (χ0) is 19.8. The summed E-state index contributed by atoms with van der Waals surface area (Å²) in [7, 11) is 0. The molecule has 2 amide bonds. The van der Waals surface area contributed by atoms with Gasteiger partial charge in [0, 0.05) is 44.3 Å². The van der Waals surface area contributed by atoms with Crippen molar-refractivity contribution in [2.75, 3.05) is 31.1 Å². The molecule has 2 heterocycles. The van der Waals surface area contributed by atoms with Gasteiger partial charge < -0.3 is 15.1 Å². The smallest absolute Gasteiger partial charge is 0.253 e. The van der Waals surface area contributed by atoms with Gasteiger partial charge in [-0.15, -0.1) is 0 Å². The van der Waals surface area contributed by atoms with Gasteiger partial charge in [0.2, 0.25) is 5.91 Å². The third-order valence-corrected chi connectivity index (χ3v) is 5.36. The maximum Gasteiger partial charge on any atom is 0.253 e. The fraction of sp³-hybridized carbons (Fsp3) is 0.667. The van der Waals surface area contributed by atoms with Crippen molar-refractivity contribution in [1.29, 1.82) is 0 Å². The Morgan fingerprint density at radius 2 is 1.78 bits per heavy atom. The molecule has 1 fully saturated rings. The highest BCUT2D eigenvalue weighted by atomic mass is 16.2. The van der Waals surface area contributed by atoms with Crippen LogP contribution in [0.5, 0.6) is 0 Å². The van der Waals surface area contributed by atoms with Crippen molar-refractivity contribution in [3.8, 4) is 0 Å². The van der Waals surface area contributed by atoms with Crippen LogP contribution in [-0.4, -0.2) is 53.9 Å². The second kappa shape index (κ2) is 10.3. The van der Waals surface area contributed by atoms with E-state index in [0.717, 1.165) is 57.7 Å². The number of carbonyl (C=O) groups is 2. The first-order valence-electron chi connectivity index (χ1n) is 10.3. The highest BCUT2D eigenvalue weighted by molar-refractivity contribution is 5.94. The van der Waals surface area contributed by atoms with Crippen molar-refractivity contribution in [2.24, 2.45) is 5.92 Å². The lowest BCUT2D eigenvalue weighted by atomic mass is 10.0. The first-order valence-corrected chi connectivity index (χ1v) is 10.3. The highest BCUT2D eigenvalue weighted by Gasteiger charge is 2.26. The van der Waals surface area contributed by atoms with E-state index in [-0.39, 0.29) is 23.8 Å². The van der Waals surface area contributed by atoms with Crippen LogP contribution in [0.2, 0.25) is 0 Å². The van der Waals surface area contributed by atoms with Crippen molar-refractivity contribution >= 4 is 17.6 Å². The summed E-state index contributed by atoms with van der Waals surface area (Å²) in [6.07, 6.45) is 5.46. The number of piperazine rings is 1. The Morgan fingerprint density at radius 3 is 2.30 bits per heavy atom. The van der Waals surface area contributed by atoms with E-state index in [4.69, 9.17) is 0 Å². The minimum absolute atomic E-state index is 0.0735. The number of hydrogen-bond donors (Lipinski definition) is 1. The van der Waals surface area contributed by atoms with Crippen molar-refractivity contribution in [1.82, 2.24) is 15.2 Å². The number of anilines is 1. The van der Waals surface area contributed by atoms with Crippen LogP contribution in [0, 0.1) is 5.92 Å². The SMILES string of the molecule is CCCC(C)NC(=O)c1ccc(N2CCN(C(=O)C(CC)CC)CC2)nc1. The molecule has 1 unspecified atom stereocenters. The Kier molecular flexibility index (Phi) is 8.07. The molecule has 1 atom stereocenters. The molecule has 1 aliphatic heterocycles.